The first-order valence-electron chi connectivity index (χ1n) is 21.5. The van der Waals surface area contributed by atoms with E-state index in [-0.39, 0.29) is 18.7 Å². The number of carbonyl (C=O) groups is 2. The summed E-state index contributed by atoms with van der Waals surface area (Å²) in [7, 11) is 0. The third-order valence-electron chi connectivity index (χ3n) is 9.91. The number of hydrogen-bond donors (Lipinski definition) is 1. The number of rotatable bonds is 37. The summed E-state index contributed by atoms with van der Waals surface area (Å²) in [6, 6.07) is 0. The number of nitrogens with one attached hydrogen (secondary N) is 1. The van der Waals surface area contributed by atoms with E-state index in [2.05, 4.69) is 51.3 Å². The van der Waals surface area contributed by atoms with Gasteiger partial charge < -0.3 is 23.8 Å². The fourth-order valence-corrected chi connectivity index (χ4v) is 6.33. The van der Waals surface area contributed by atoms with Gasteiger partial charge in [-0.05, 0) is 64.0 Å². The molecule has 0 amide bonds. The van der Waals surface area contributed by atoms with Gasteiger partial charge in [0.05, 0.1) is 6.61 Å². The van der Waals surface area contributed by atoms with Gasteiger partial charge in [0.2, 0.25) is 0 Å². The molecule has 0 saturated heterocycles. The zero-order chi connectivity index (χ0) is 37.8. The van der Waals surface area contributed by atoms with Gasteiger partial charge in [0.25, 0.3) is 0 Å². The van der Waals surface area contributed by atoms with Crippen LogP contribution in [0.3, 0.4) is 0 Å². The average molecular weight is 726 g/mol. The summed E-state index contributed by atoms with van der Waals surface area (Å²) in [6.07, 6.45) is 22.0. The predicted octanol–water partition coefficient (Wildman–Crippen LogP) is 11.0. The van der Waals surface area contributed by atoms with Crippen molar-refractivity contribution in [1.82, 2.24) is 9.80 Å². The second kappa shape index (κ2) is 36.5. The number of likely N-dealkylation sites (N-methyl/N-ethyl adjacent to an activating group) is 1. The Balaban J connectivity index is 4.84. The SMILES string of the molecule is CCCCCCCC(=N)OCCN(CCOC(=O)OC(CCCCCC)CCCC(=O)OCC(CCCC)CCCCCC)CCN(CC)CC. The number of carbonyl (C=O) groups excluding carboxylic acids is 2. The van der Waals surface area contributed by atoms with Crippen LogP contribution in [0.15, 0.2) is 0 Å². The Morgan fingerprint density at radius 1 is 0.529 bits per heavy atom. The average Bonchev–Trinajstić information content (AvgIpc) is 3.12. The van der Waals surface area contributed by atoms with Gasteiger partial charge >= 0.3 is 12.1 Å². The quantitative estimate of drug-likeness (QED) is 0.0292. The molecule has 9 heteroatoms. The van der Waals surface area contributed by atoms with Gasteiger partial charge in [0, 0.05) is 39.0 Å². The van der Waals surface area contributed by atoms with Crippen LogP contribution in [0.1, 0.15) is 183 Å². The molecule has 0 heterocycles. The molecule has 0 aliphatic carbocycles. The molecule has 2 unspecified atom stereocenters. The van der Waals surface area contributed by atoms with Crippen molar-refractivity contribution in [1.29, 1.82) is 5.41 Å². The summed E-state index contributed by atoms with van der Waals surface area (Å²) in [5.41, 5.74) is 0. The van der Waals surface area contributed by atoms with Gasteiger partial charge in [-0.3, -0.25) is 15.1 Å². The van der Waals surface area contributed by atoms with Gasteiger partial charge in [-0.15, -0.1) is 0 Å². The number of unbranched alkanes of at least 4 members (excludes halogenated alkanes) is 11. The van der Waals surface area contributed by atoms with E-state index in [0.29, 0.717) is 63.8 Å². The molecule has 0 spiro atoms. The third kappa shape index (κ3) is 31.4. The summed E-state index contributed by atoms with van der Waals surface area (Å²) < 4.78 is 22.9. The summed E-state index contributed by atoms with van der Waals surface area (Å²) in [5.74, 6) is 0.671. The van der Waals surface area contributed by atoms with E-state index >= 15 is 0 Å². The molecule has 0 saturated carbocycles. The largest absolute Gasteiger partial charge is 0.508 e. The zero-order valence-electron chi connectivity index (χ0n) is 34.4. The Morgan fingerprint density at radius 2 is 1.06 bits per heavy atom. The molecule has 0 bridgehead atoms. The van der Waals surface area contributed by atoms with Crippen LogP contribution in [0.4, 0.5) is 4.79 Å². The van der Waals surface area contributed by atoms with Gasteiger partial charge in [-0.2, -0.15) is 0 Å². The van der Waals surface area contributed by atoms with E-state index < -0.39 is 6.16 Å². The van der Waals surface area contributed by atoms with Crippen molar-refractivity contribution in [2.24, 2.45) is 5.92 Å². The predicted molar refractivity (Wildman–Crippen MR) is 213 cm³/mol. The van der Waals surface area contributed by atoms with Crippen molar-refractivity contribution in [2.45, 2.75) is 189 Å². The summed E-state index contributed by atoms with van der Waals surface area (Å²) in [6.45, 7) is 19.4. The maximum atomic E-state index is 12.8. The van der Waals surface area contributed by atoms with Crippen molar-refractivity contribution in [3.63, 3.8) is 0 Å². The lowest BCUT2D eigenvalue weighted by molar-refractivity contribution is -0.145. The summed E-state index contributed by atoms with van der Waals surface area (Å²) >= 11 is 0. The minimum Gasteiger partial charge on any atom is -0.480 e. The Kier molecular flexibility index (Phi) is 35.1. The van der Waals surface area contributed by atoms with E-state index in [1.807, 2.05) is 0 Å². The van der Waals surface area contributed by atoms with Crippen LogP contribution in [0.5, 0.6) is 0 Å². The van der Waals surface area contributed by atoms with Crippen LogP contribution >= 0.6 is 0 Å². The number of nitrogens with zero attached hydrogens (tertiary/aromatic N) is 2. The van der Waals surface area contributed by atoms with Gasteiger partial charge in [0.15, 0.2) is 5.90 Å². The van der Waals surface area contributed by atoms with Crippen molar-refractivity contribution >= 4 is 18.0 Å². The van der Waals surface area contributed by atoms with Gasteiger partial charge in [-0.1, -0.05) is 125 Å². The van der Waals surface area contributed by atoms with Crippen molar-refractivity contribution in [2.75, 3.05) is 59.1 Å². The van der Waals surface area contributed by atoms with E-state index in [0.717, 1.165) is 90.4 Å². The van der Waals surface area contributed by atoms with Crippen LogP contribution in [0.25, 0.3) is 0 Å². The lowest BCUT2D eigenvalue weighted by Crippen LogP contribution is -2.39. The Labute approximate surface area is 315 Å². The van der Waals surface area contributed by atoms with Crippen LogP contribution in [0.2, 0.25) is 0 Å². The molecule has 0 aromatic heterocycles. The molecular weight excluding hydrogens is 642 g/mol. The molecule has 0 aromatic rings. The first-order valence-corrected chi connectivity index (χ1v) is 21.5. The molecule has 1 N–H and O–H groups in total. The zero-order valence-corrected chi connectivity index (χ0v) is 34.4. The van der Waals surface area contributed by atoms with Crippen molar-refractivity contribution < 1.29 is 28.5 Å². The number of hydrogen-bond acceptors (Lipinski definition) is 9. The number of esters is 1. The Hall–Kier alpha value is -1.87. The minimum absolute atomic E-state index is 0.145. The fraction of sp³-hybridized carbons (Fsp3) is 0.929. The molecule has 0 radical (unpaired) electrons. The molecule has 0 aliphatic heterocycles. The van der Waals surface area contributed by atoms with Crippen LogP contribution in [-0.4, -0.2) is 93.0 Å². The summed E-state index contributed by atoms with van der Waals surface area (Å²) in [5, 5.41) is 8.18. The minimum atomic E-state index is -0.635. The van der Waals surface area contributed by atoms with Crippen molar-refractivity contribution in [3.8, 4) is 0 Å². The Bertz CT molecular complexity index is 809. The standard InChI is InChI=1S/C42H83N3O6/c1-7-13-17-20-23-29-40(43)48-35-33-45(32-31-44(11-5)12-6)34-36-49-42(47)51-39(27-22-19-15-9-3)28-24-30-41(46)50-37-38(25-16-10-4)26-21-18-14-8-2/h38-39,43H,7-37H2,1-6H3. The van der Waals surface area contributed by atoms with E-state index in [4.69, 9.17) is 24.4 Å². The highest BCUT2D eigenvalue weighted by molar-refractivity contribution is 5.72. The third-order valence-corrected chi connectivity index (χ3v) is 9.91. The highest BCUT2D eigenvalue weighted by Gasteiger charge is 2.18. The molecule has 0 fully saturated rings. The molecule has 0 aromatic carbocycles. The highest BCUT2D eigenvalue weighted by Crippen LogP contribution is 2.19. The van der Waals surface area contributed by atoms with Gasteiger partial charge in [-0.25, -0.2) is 4.79 Å². The first kappa shape index (κ1) is 49.1. The topological polar surface area (TPSA) is 101 Å². The molecule has 2 atom stereocenters. The van der Waals surface area contributed by atoms with Crippen LogP contribution < -0.4 is 0 Å². The molecule has 0 aliphatic rings. The smallest absolute Gasteiger partial charge is 0.480 e. The van der Waals surface area contributed by atoms with E-state index in [1.54, 1.807) is 0 Å². The Morgan fingerprint density at radius 3 is 1.69 bits per heavy atom. The molecule has 0 rings (SSSR count). The normalized spacial score (nSPS) is 12.6. The second-order valence-electron chi connectivity index (χ2n) is 14.4. The maximum absolute atomic E-state index is 12.8. The van der Waals surface area contributed by atoms with Crippen LogP contribution in [0, 0.1) is 11.3 Å². The fourth-order valence-electron chi connectivity index (χ4n) is 6.33. The molecular formula is C42H83N3O6. The summed E-state index contributed by atoms with van der Waals surface area (Å²) in [4.78, 5) is 30.1. The van der Waals surface area contributed by atoms with E-state index in [1.165, 1.54) is 51.4 Å². The lowest BCUT2D eigenvalue weighted by atomic mass is 9.96. The second-order valence-corrected chi connectivity index (χ2v) is 14.4. The molecule has 9 nitrogen and oxygen atoms in total. The first-order chi connectivity index (χ1) is 24.8. The molecule has 51 heavy (non-hydrogen) atoms. The van der Waals surface area contributed by atoms with Crippen LogP contribution in [-0.2, 0) is 23.7 Å². The monoisotopic (exact) mass is 726 g/mol. The van der Waals surface area contributed by atoms with E-state index in [9.17, 15) is 9.59 Å². The van der Waals surface area contributed by atoms with Gasteiger partial charge in [0.1, 0.15) is 19.3 Å². The maximum Gasteiger partial charge on any atom is 0.508 e. The highest BCUT2D eigenvalue weighted by atomic mass is 16.7. The lowest BCUT2D eigenvalue weighted by Gasteiger charge is -2.26. The van der Waals surface area contributed by atoms with Crippen molar-refractivity contribution in [3.05, 3.63) is 0 Å². The molecule has 302 valence electrons. The number of ether oxygens (including phenoxy) is 4.